The van der Waals surface area contributed by atoms with Gasteiger partial charge in [0.25, 0.3) is 6.02 Å². The van der Waals surface area contributed by atoms with Gasteiger partial charge in [-0.05, 0) is 55.7 Å². The predicted octanol–water partition coefficient (Wildman–Crippen LogP) is 4.20. The van der Waals surface area contributed by atoms with Crippen LogP contribution in [0.15, 0.2) is 70.3 Å². The number of ether oxygens (including phenoxy) is 1. The van der Waals surface area contributed by atoms with E-state index in [0.29, 0.717) is 22.5 Å². The number of carbonyl (C=O) groups excluding carboxylic acids is 1. The highest BCUT2D eigenvalue weighted by Crippen LogP contribution is 2.29. The smallest absolute Gasteiger partial charge is 0.297 e. The lowest BCUT2D eigenvalue weighted by atomic mass is 9.94. The van der Waals surface area contributed by atoms with Crippen LogP contribution >= 0.6 is 11.6 Å². The SMILES string of the molecule is CC(=N)c1ccc(C2=C(Cl)C=C3NC(Oc4ccc(C(C)(C)NC(C)=O)cc4)=NC3N2)cc1. The van der Waals surface area contributed by atoms with Crippen LogP contribution in [-0.2, 0) is 10.3 Å². The summed E-state index contributed by atoms with van der Waals surface area (Å²) in [6.45, 7) is 7.16. The molecule has 0 spiro atoms. The van der Waals surface area contributed by atoms with Gasteiger partial charge < -0.3 is 26.1 Å². The van der Waals surface area contributed by atoms with E-state index in [9.17, 15) is 4.79 Å². The average Bonchev–Trinajstić information content (AvgIpc) is 3.13. The molecular weight excluding hydrogens is 438 g/mol. The molecule has 2 aliphatic rings. The van der Waals surface area contributed by atoms with Crippen molar-refractivity contribution in [1.29, 1.82) is 5.41 Å². The first kappa shape index (κ1) is 22.6. The number of fused-ring (bicyclic) bond motifs is 1. The van der Waals surface area contributed by atoms with Crippen molar-refractivity contribution in [2.24, 2.45) is 4.99 Å². The molecule has 0 aromatic heterocycles. The van der Waals surface area contributed by atoms with Gasteiger partial charge in [-0.2, -0.15) is 0 Å². The van der Waals surface area contributed by atoms with Gasteiger partial charge in [-0.3, -0.25) is 4.79 Å². The molecule has 4 rings (SSSR count). The summed E-state index contributed by atoms with van der Waals surface area (Å²) in [6, 6.07) is 15.6. The lowest BCUT2D eigenvalue weighted by Gasteiger charge is -2.26. The van der Waals surface area contributed by atoms with Gasteiger partial charge in [0, 0.05) is 12.6 Å². The topological polar surface area (TPSA) is 98.6 Å². The van der Waals surface area contributed by atoms with Gasteiger partial charge in [0.1, 0.15) is 5.75 Å². The van der Waals surface area contributed by atoms with Crippen LogP contribution < -0.4 is 20.7 Å². The number of allylic oxidation sites excluding steroid dienone is 2. The number of hydrogen-bond acceptors (Lipinski definition) is 6. The van der Waals surface area contributed by atoms with Crippen molar-refractivity contribution in [2.45, 2.75) is 39.4 Å². The number of nitrogens with one attached hydrogen (secondary N) is 4. The van der Waals surface area contributed by atoms with E-state index in [1.165, 1.54) is 6.92 Å². The summed E-state index contributed by atoms with van der Waals surface area (Å²) in [7, 11) is 0. The molecule has 0 bridgehead atoms. The highest BCUT2D eigenvalue weighted by molar-refractivity contribution is 6.34. The minimum Gasteiger partial charge on any atom is -0.426 e. The van der Waals surface area contributed by atoms with Crippen molar-refractivity contribution < 1.29 is 9.53 Å². The maximum atomic E-state index is 11.4. The number of halogens is 1. The van der Waals surface area contributed by atoms with Gasteiger partial charge in [-0.1, -0.05) is 48.0 Å². The van der Waals surface area contributed by atoms with Crippen molar-refractivity contribution in [3.8, 4) is 5.75 Å². The van der Waals surface area contributed by atoms with Crippen LogP contribution in [0.3, 0.4) is 0 Å². The molecule has 33 heavy (non-hydrogen) atoms. The van der Waals surface area contributed by atoms with Crippen LogP contribution in [0.1, 0.15) is 44.4 Å². The third kappa shape index (κ3) is 4.93. The molecule has 0 fully saturated rings. The minimum atomic E-state index is -0.481. The molecule has 2 aromatic rings. The first-order chi connectivity index (χ1) is 15.6. The van der Waals surface area contributed by atoms with Crippen LogP contribution in [0.25, 0.3) is 5.70 Å². The monoisotopic (exact) mass is 463 g/mol. The summed E-state index contributed by atoms with van der Waals surface area (Å²) in [4.78, 5) is 16.0. The van der Waals surface area contributed by atoms with E-state index in [4.69, 9.17) is 21.7 Å². The fourth-order valence-corrected chi connectivity index (χ4v) is 4.06. The summed E-state index contributed by atoms with van der Waals surface area (Å²) in [5.74, 6) is 0.542. The van der Waals surface area contributed by atoms with Crippen molar-refractivity contribution in [1.82, 2.24) is 16.0 Å². The van der Waals surface area contributed by atoms with Gasteiger partial charge in [-0.25, -0.2) is 4.99 Å². The number of aliphatic imine (C=N–C) groups is 1. The largest absolute Gasteiger partial charge is 0.426 e. The Bertz CT molecular complexity index is 1190. The van der Waals surface area contributed by atoms with Crippen LogP contribution in [-0.4, -0.2) is 23.8 Å². The molecular formula is C25H26ClN5O2. The summed E-state index contributed by atoms with van der Waals surface area (Å²) < 4.78 is 5.92. The van der Waals surface area contributed by atoms with Gasteiger partial charge in [0.2, 0.25) is 5.91 Å². The van der Waals surface area contributed by atoms with Crippen LogP contribution in [0.2, 0.25) is 0 Å². The zero-order valence-corrected chi connectivity index (χ0v) is 19.7. The summed E-state index contributed by atoms with van der Waals surface area (Å²) in [5.41, 5.74) is 4.36. The molecule has 2 heterocycles. The zero-order valence-electron chi connectivity index (χ0n) is 18.9. The van der Waals surface area contributed by atoms with Crippen LogP contribution in [0, 0.1) is 5.41 Å². The molecule has 0 aliphatic carbocycles. The molecule has 0 radical (unpaired) electrons. The lowest BCUT2D eigenvalue weighted by Crippen LogP contribution is -2.39. The first-order valence-electron chi connectivity index (χ1n) is 10.6. The van der Waals surface area contributed by atoms with E-state index in [-0.39, 0.29) is 12.1 Å². The summed E-state index contributed by atoms with van der Waals surface area (Å²) in [5, 5.41) is 17.8. The third-order valence-corrected chi connectivity index (χ3v) is 5.78. The molecule has 2 aliphatic heterocycles. The number of dihydropyridines is 1. The second kappa shape index (κ2) is 8.75. The second-order valence-corrected chi connectivity index (χ2v) is 8.97. The molecule has 1 amide bonds. The fraction of sp³-hybridized carbons (Fsp3) is 0.240. The van der Waals surface area contributed by atoms with Crippen LogP contribution in [0.4, 0.5) is 0 Å². The van der Waals surface area contributed by atoms with Crippen molar-refractivity contribution in [2.75, 3.05) is 0 Å². The molecule has 1 atom stereocenters. The number of carbonyl (C=O) groups is 1. The molecule has 0 saturated carbocycles. The molecule has 8 heteroatoms. The minimum absolute atomic E-state index is 0.0827. The van der Waals surface area contributed by atoms with Gasteiger partial charge >= 0.3 is 0 Å². The Morgan fingerprint density at radius 3 is 2.39 bits per heavy atom. The maximum Gasteiger partial charge on any atom is 0.297 e. The summed E-state index contributed by atoms with van der Waals surface area (Å²) in [6.07, 6.45) is 1.51. The van der Waals surface area contributed by atoms with Gasteiger partial charge in [0.05, 0.1) is 22.0 Å². The van der Waals surface area contributed by atoms with Crippen molar-refractivity contribution in [3.63, 3.8) is 0 Å². The van der Waals surface area contributed by atoms with Crippen molar-refractivity contribution >= 4 is 34.9 Å². The van der Waals surface area contributed by atoms with E-state index in [1.54, 1.807) is 6.92 Å². The predicted molar refractivity (Wildman–Crippen MR) is 131 cm³/mol. The van der Waals surface area contributed by atoms with E-state index in [1.807, 2.05) is 68.5 Å². The molecule has 2 aromatic carbocycles. The Balaban J connectivity index is 1.46. The standard InChI is InChI=1S/C25H26ClN5O2/c1-14(27)16-5-7-17(8-6-16)22-20(26)13-21-23(29-22)30-24(28-21)33-19-11-9-18(10-12-19)25(3,4)31-15(2)32/h5-13,23,27,29H,1-4H3,(H,28,30)(H,31,32). The number of hydrogen-bond donors (Lipinski definition) is 4. The summed E-state index contributed by atoms with van der Waals surface area (Å²) >= 11 is 6.53. The van der Waals surface area contributed by atoms with E-state index in [0.717, 1.165) is 28.1 Å². The molecule has 4 N–H and O–H groups in total. The van der Waals surface area contributed by atoms with Crippen LogP contribution in [0.5, 0.6) is 5.75 Å². The highest BCUT2D eigenvalue weighted by Gasteiger charge is 2.29. The molecule has 0 saturated heterocycles. The number of amides is 1. The van der Waals surface area contributed by atoms with Gasteiger partial charge in [-0.15, -0.1) is 0 Å². The van der Waals surface area contributed by atoms with Crippen molar-refractivity contribution in [3.05, 3.63) is 82.0 Å². The van der Waals surface area contributed by atoms with E-state index >= 15 is 0 Å². The lowest BCUT2D eigenvalue weighted by molar-refractivity contribution is -0.120. The second-order valence-electron chi connectivity index (χ2n) is 8.56. The van der Waals surface area contributed by atoms with E-state index in [2.05, 4.69) is 20.9 Å². The molecule has 170 valence electrons. The molecule has 7 nitrogen and oxygen atoms in total. The average molecular weight is 464 g/mol. The zero-order chi connectivity index (χ0) is 23.8. The third-order valence-electron chi connectivity index (χ3n) is 5.48. The first-order valence-corrected chi connectivity index (χ1v) is 11.0. The number of benzene rings is 2. The fourth-order valence-electron chi connectivity index (χ4n) is 3.77. The van der Waals surface area contributed by atoms with Gasteiger partial charge in [0.15, 0.2) is 6.17 Å². The highest BCUT2D eigenvalue weighted by atomic mass is 35.5. The number of rotatable bonds is 5. The molecule has 1 unspecified atom stereocenters. The number of nitrogens with zero attached hydrogens (tertiary/aromatic N) is 1. The Morgan fingerprint density at radius 1 is 1.12 bits per heavy atom. The Labute approximate surface area is 198 Å². The maximum absolute atomic E-state index is 11.4. The number of amidine groups is 1. The van der Waals surface area contributed by atoms with E-state index < -0.39 is 5.54 Å². The Kier molecular flexibility index (Phi) is 5.99. The Hall–Kier alpha value is -3.58. The quantitative estimate of drug-likeness (QED) is 0.499. The Morgan fingerprint density at radius 2 is 1.79 bits per heavy atom. The normalized spacial score (nSPS) is 17.3.